The van der Waals surface area contributed by atoms with Gasteiger partial charge in [-0.25, -0.2) is 0 Å². The van der Waals surface area contributed by atoms with E-state index < -0.39 is 0 Å². The molecule has 0 amide bonds. The van der Waals surface area contributed by atoms with Crippen LogP contribution >= 0.6 is 0 Å². The van der Waals surface area contributed by atoms with Gasteiger partial charge in [0.25, 0.3) is 0 Å². The maximum atomic E-state index is 9.83. The first kappa shape index (κ1) is 13.1. The minimum absolute atomic E-state index is 0.219. The maximum absolute atomic E-state index is 9.83. The number of benzene rings is 2. The van der Waals surface area contributed by atoms with Crippen LogP contribution in [0.4, 0.5) is 5.69 Å². The van der Waals surface area contributed by atoms with Crippen molar-refractivity contribution in [1.29, 1.82) is 0 Å². The van der Waals surface area contributed by atoms with Crippen LogP contribution in [0.1, 0.15) is 11.1 Å². The molecule has 2 N–H and O–H groups in total. The van der Waals surface area contributed by atoms with Gasteiger partial charge in [-0.1, -0.05) is 24.3 Å². The normalized spacial score (nSPS) is 11.1. The van der Waals surface area contributed by atoms with Gasteiger partial charge in [0.05, 0.1) is 17.4 Å². The van der Waals surface area contributed by atoms with Crippen molar-refractivity contribution < 1.29 is 5.11 Å². The highest BCUT2D eigenvalue weighted by molar-refractivity contribution is 5.91. The van der Waals surface area contributed by atoms with Crippen molar-refractivity contribution in [2.45, 2.75) is 6.92 Å². The Morgan fingerprint density at radius 2 is 2.00 bits per heavy atom. The largest absolute Gasteiger partial charge is 0.507 e. The van der Waals surface area contributed by atoms with Crippen LogP contribution in [-0.2, 0) is 0 Å². The lowest BCUT2D eigenvalue weighted by Gasteiger charge is -2.04. The molecule has 0 saturated carbocycles. The van der Waals surface area contributed by atoms with E-state index in [2.05, 4.69) is 15.5 Å². The molecule has 0 aliphatic heterocycles. The molecule has 1 aromatic heterocycles. The van der Waals surface area contributed by atoms with Crippen LogP contribution in [0.3, 0.4) is 0 Å². The van der Waals surface area contributed by atoms with Gasteiger partial charge in [0.2, 0.25) is 0 Å². The number of hydrazone groups is 1. The highest BCUT2D eigenvalue weighted by Crippen LogP contribution is 2.21. The fourth-order valence-electron chi connectivity index (χ4n) is 2.13. The third-order valence-electron chi connectivity index (χ3n) is 3.21. The molecule has 0 atom stereocenters. The molecule has 0 unspecified atom stereocenters. The summed E-state index contributed by atoms with van der Waals surface area (Å²) in [7, 11) is 0. The second-order valence-corrected chi connectivity index (χ2v) is 4.81. The first-order chi connectivity index (χ1) is 10.2. The zero-order chi connectivity index (χ0) is 14.7. The number of phenols is 1. The second kappa shape index (κ2) is 5.63. The lowest BCUT2D eigenvalue weighted by atomic mass is 10.1. The van der Waals surface area contributed by atoms with Crippen LogP contribution in [0.15, 0.2) is 59.8 Å². The van der Waals surface area contributed by atoms with Gasteiger partial charge in [-0.05, 0) is 36.8 Å². The van der Waals surface area contributed by atoms with Crippen LogP contribution in [0.5, 0.6) is 5.75 Å². The number of rotatable bonds is 3. The molecule has 21 heavy (non-hydrogen) atoms. The Hall–Kier alpha value is -2.88. The van der Waals surface area contributed by atoms with Crippen LogP contribution in [0.2, 0.25) is 0 Å². The van der Waals surface area contributed by atoms with Crippen molar-refractivity contribution in [3.63, 3.8) is 0 Å². The number of anilines is 1. The molecule has 3 aromatic rings. The summed E-state index contributed by atoms with van der Waals surface area (Å²) in [4.78, 5) is 4.35. The molecule has 2 aromatic carbocycles. The minimum Gasteiger partial charge on any atom is -0.507 e. The molecule has 0 radical (unpaired) electrons. The molecular formula is C17H15N3O. The third-order valence-corrected chi connectivity index (χ3v) is 3.21. The van der Waals surface area contributed by atoms with Crippen LogP contribution in [0, 0.1) is 6.92 Å². The fourth-order valence-corrected chi connectivity index (χ4v) is 2.13. The predicted octanol–water partition coefficient (Wildman–Crippen LogP) is 3.69. The summed E-state index contributed by atoms with van der Waals surface area (Å²) in [6.45, 7) is 1.93. The van der Waals surface area contributed by atoms with Gasteiger partial charge >= 0.3 is 0 Å². The lowest BCUT2D eigenvalue weighted by molar-refractivity contribution is 0.474. The number of aromatic hydroxyl groups is 1. The summed E-state index contributed by atoms with van der Waals surface area (Å²) in [5.41, 5.74) is 6.35. The molecule has 0 bridgehead atoms. The van der Waals surface area contributed by atoms with Gasteiger partial charge < -0.3 is 5.11 Å². The van der Waals surface area contributed by atoms with E-state index in [-0.39, 0.29) is 5.75 Å². The zero-order valence-electron chi connectivity index (χ0n) is 11.6. The van der Waals surface area contributed by atoms with Gasteiger partial charge in [-0.15, -0.1) is 0 Å². The summed E-state index contributed by atoms with van der Waals surface area (Å²) in [5, 5.41) is 15.1. The summed E-state index contributed by atoms with van der Waals surface area (Å²) >= 11 is 0. The fraction of sp³-hybridized carbons (Fsp3) is 0.0588. The SMILES string of the molecule is Cc1ccc(/C=N\Nc2cccc3cccnc23)c(O)c1. The first-order valence-corrected chi connectivity index (χ1v) is 6.66. The summed E-state index contributed by atoms with van der Waals surface area (Å²) < 4.78 is 0. The van der Waals surface area contributed by atoms with E-state index in [1.54, 1.807) is 18.5 Å². The highest BCUT2D eigenvalue weighted by Gasteiger charge is 2.00. The number of phenolic OH excluding ortho intramolecular Hbond substituents is 1. The van der Waals surface area contributed by atoms with Crippen molar-refractivity contribution >= 4 is 22.8 Å². The smallest absolute Gasteiger partial charge is 0.124 e. The molecule has 1 heterocycles. The molecule has 104 valence electrons. The van der Waals surface area contributed by atoms with Gasteiger partial charge in [-0.3, -0.25) is 10.4 Å². The summed E-state index contributed by atoms with van der Waals surface area (Å²) in [5.74, 6) is 0.219. The quantitative estimate of drug-likeness (QED) is 0.567. The van der Waals surface area contributed by atoms with E-state index >= 15 is 0 Å². The Labute approximate surface area is 122 Å². The Balaban J connectivity index is 1.84. The maximum Gasteiger partial charge on any atom is 0.124 e. The summed E-state index contributed by atoms with van der Waals surface area (Å²) in [6.07, 6.45) is 3.35. The van der Waals surface area contributed by atoms with Crippen LogP contribution in [-0.4, -0.2) is 16.3 Å². The number of hydrogen-bond acceptors (Lipinski definition) is 4. The number of aromatic nitrogens is 1. The van der Waals surface area contributed by atoms with E-state index in [9.17, 15) is 5.11 Å². The Morgan fingerprint density at radius 3 is 2.86 bits per heavy atom. The van der Waals surface area contributed by atoms with E-state index in [0.717, 1.165) is 22.2 Å². The Kier molecular flexibility index (Phi) is 3.51. The number of nitrogens with zero attached hydrogens (tertiary/aromatic N) is 2. The van der Waals surface area contributed by atoms with E-state index in [1.165, 1.54) is 0 Å². The van der Waals surface area contributed by atoms with E-state index in [0.29, 0.717) is 5.56 Å². The highest BCUT2D eigenvalue weighted by atomic mass is 16.3. The summed E-state index contributed by atoms with van der Waals surface area (Å²) in [6, 6.07) is 15.2. The number of nitrogens with one attached hydrogen (secondary N) is 1. The van der Waals surface area contributed by atoms with Gasteiger partial charge in [0, 0.05) is 17.1 Å². The Morgan fingerprint density at radius 1 is 1.14 bits per heavy atom. The number of hydrogen-bond donors (Lipinski definition) is 2. The minimum atomic E-state index is 0.219. The second-order valence-electron chi connectivity index (χ2n) is 4.81. The molecule has 4 heteroatoms. The molecule has 0 aliphatic carbocycles. The predicted molar refractivity (Wildman–Crippen MR) is 85.8 cm³/mol. The van der Waals surface area contributed by atoms with Crippen molar-refractivity contribution in [1.82, 2.24) is 4.98 Å². The monoisotopic (exact) mass is 277 g/mol. The molecular weight excluding hydrogens is 262 g/mol. The standard InChI is InChI=1S/C17H15N3O/c1-12-7-8-14(16(21)10-12)11-19-20-15-6-2-4-13-5-3-9-18-17(13)15/h2-11,20-21H,1H3/b19-11-. The molecule has 0 spiro atoms. The molecule has 4 nitrogen and oxygen atoms in total. The molecule has 0 fully saturated rings. The van der Waals surface area contributed by atoms with Gasteiger partial charge in [0.1, 0.15) is 5.75 Å². The number of aryl methyl sites for hydroxylation is 1. The van der Waals surface area contributed by atoms with Crippen molar-refractivity contribution in [3.05, 3.63) is 65.9 Å². The third kappa shape index (κ3) is 2.84. The van der Waals surface area contributed by atoms with Gasteiger partial charge in [0.15, 0.2) is 0 Å². The number of para-hydroxylation sites is 1. The van der Waals surface area contributed by atoms with E-state index in [4.69, 9.17) is 0 Å². The van der Waals surface area contributed by atoms with Gasteiger partial charge in [-0.2, -0.15) is 5.10 Å². The molecule has 0 aliphatic rings. The van der Waals surface area contributed by atoms with Crippen molar-refractivity contribution in [3.8, 4) is 5.75 Å². The van der Waals surface area contributed by atoms with Crippen LogP contribution in [0.25, 0.3) is 10.9 Å². The topological polar surface area (TPSA) is 57.5 Å². The van der Waals surface area contributed by atoms with Crippen LogP contribution < -0.4 is 5.43 Å². The average molecular weight is 277 g/mol. The van der Waals surface area contributed by atoms with E-state index in [1.807, 2.05) is 49.4 Å². The average Bonchev–Trinajstić information content (AvgIpc) is 2.50. The molecule has 0 saturated heterocycles. The van der Waals surface area contributed by atoms with Crippen molar-refractivity contribution in [2.24, 2.45) is 5.10 Å². The van der Waals surface area contributed by atoms with Crippen molar-refractivity contribution in [2.75, 3.05) is 5.43 Å². The zero-order valence-corrected chi connectivity index (χ0v) is 11.6. The Bertz CT molecular complexity index is 807. The number of pyridine rings is 1. The first-order valence-electron chi connectivity index (χ1n) is 6.66. The molecule has 3 rings (SSSR count). The lowest BCUT2D eigenvalue weighted by Crippen LogP contribution is -1.93. The number of fused-ring (bicyclic) bond motifs is 1.